The van der Waals surface area contributed by atoms with E-state index in [9.17, 15) is 9.59 Å². The molecule has 0 radical (unpaired) electrons. The lowest BCUT2D eigenvalue weighted by atomic mass is 9.59. The van der Waals surface area contributed by atoms with Crippen molar-refractivity contribution < 1.29 is 14.3 Å². The minimum Gasteiger partial charge on any atom is -0.373 e. The molecule has 3 rings (SSSR count). The van der Waals surface area contributed by atoms with Crippen LogP contribution < -0.4 is 0 Å². The first-order valence-electron chi connectivity index (χ1n) is 7.00. The summed E-state index contributed by atoms with van der Waals surface area (Å²) < 4.78 is 5.88. The van der Waals surface area contributed by atoms with Crippen LogP contribution in [0.4, 0.5) is 0 Å². The first kappa shape index (κ1) is 13.1. The fraction of sp³-hybridized carbons (Fsp3) is 0.857. The molecule has 3 aliphatic rings. The highest BCUT2D eigenvalue weighted by Gasteiger charge is 2.76. The van der Waals surface area contributed by atoms with Crippen LogP contribution in [0.25, 0.3) is 0 Å². The van der Waals surface area contributed by atoms with Crippen LogP contribution >= 0.6 is 0 Å². The van der Waals surface area contributed by atoms with Gasteiger partial charge in [0.1, 0.15) is 0 Å². The molecule has 0 aromatic heterocycles. The number of rotatable bonds is 3. The number of hydrogen-bond acceptors (Lipinski definition) is 4. The summed E-state index contributed by atoms with van der Waals surface area (Å²) in [5.74, 6) is -0.0666. The van der Waals surface area contributed by atoms with Crippen molar-refractivity contribution in [1.29, 1.82) is 0 Å². The van der Waals surface area contributed by atoms with Gasteiger partial charge in [0.05, 0.1) is 23.0 Å². The molecular formula is C14H22N2O3. The molecule has 0 spiro atoms. The zero-order valence-electron chi connectivity index (χ0n) is 12.1. The van der Waals surface area contributed by atoms with Gasteiger partial charge in [-0.1, -0.05) is 0 Å². The highest BCUT2D eigenvalue weighted by molar-refractivity contribution is 6.10. The molecule has 3 aliphatic heterocycles. The summed E-state index contributed by atoms with van der Waals surface area (Å²) in [5, 5.41) is 0. The number of hydrogen-bond donors (Lipinski definition) is 0. The Morgan fingerprint density at radius 2 is 1.63 bits per heavy atom. The third kappa shape index (κ3) is 1.32. The van der Waals surface area contributed by atoms with E-state index in [0.717, 1.165) is 12.8 Å². The average Bonchev–Trinajstić information content (AvgIpc) is 2.95. The fourth-order valence-corrected chi connectivity index (χ4v) is 4.03. The molecule has 0 aliphatic carbocycles. The van der Waals surface area contributed by atoms with E-state index in [2.05, 4.69) is 0 Å². The lowest BCUT2D eigenvalue weighted by Crippen LogP contribution is -2.48. The van der Waals surface area contributed by atoms with Crippen molar-refractivity contribution in [2.45, 2.75) is 38.9 Å². The number of imide groups is 1. The standard InChI is InChI=1S/C14H22N2O3/c1-13-9-5-6-10(19-9)14(13,2)12(18)16(11(13)17)8-7-15(3)4/h9-10H,5-8H2,1-4H3/t9-,10+,13-,14-/m1/s1. The molecule has 2 bridgehead atoms. The molecule has 0 N–H and O–H groups in total. The molecule has 0 aromatic carbocycles. The molecule has 0 saturated carbocycles. The molecular weight excluding hydrogens is 244 g/mol. The molecule has 5 heteroatoms. The quantitative estimate of drug-likeness (QED) is 0.698. The average molecular weight is 266 g/mol. The Morgan fingerprint density at radius 3 is 2.05 bits per heavy atom. The van der Waals surface area contributed by atoms with E-state index in [-0.39, 0.29) is 24.0 Å². The predicted octanol–water partition coefficient (Wildman–Crippen LogP) is 0.491. The lowest BCUT2D eigenvalue weighted by Gasteiger charge is -2.36. The lowest BCUT2D eigenvalue weighted by molar-refractivity contribution is -0.145. The topological polar surface area (TPSA) is 49.9 Å². The third-order valence-electron chi connectivity index (χ3n) is 5.54. The summed E-state index contributed by atoms with van der Waals surface area (Å²) in [4.78, 5) is 28.9. The Balaban J connectivity index is 1.94. The zero-order valence-corrected chi connectivity index (χ0v) is 12.1. The second-order valence-electron chi connectivity index (χ2n) is 6.66. The SMILES string of the molecule is CN(C)CCN1C(=O)[C@@]2(C)[C@@H]3CC[C@@H](O3)[C@]2(C)C1=O. The normalized spacial score (nSPS) is 44.6. The number of ether oxygens (including phenoxy) is 1. The molecule has 0 unspecified atom stereocenters. The Labute approximate surface area is 113 Å². The van der Waals surface area contributed by atoms with Crippen LogP contribution in [0.5, 0.6) is 0 Å². The van der Waals surface area contributed by atoms with Gasteiger partial charge in [0.25, 0.3) is 0 Å². The van der Waals surface area contributed by atoms with Crippen LogP contribution in [0, 0.1) is 10.8 Å². The van der Waals surface area contributed by atoms with Gasteiger partial charge in [-0.3, -0.25) is 14.5 Å². The van der Waals surface area contributed by atoms with Gasteiger partial charge in [0.2, 0.25) is 11.8 Å². The van der Waals surface area contributed by atoms with Gasteiger partial charge in [-0.05, 0) is 40.8 Å². The monoisotopic (exact) mass is 266 g/mol. The highest BCUT2D eigenvalue weighted by atomic mass is 16.5. The summed E-state index contributed by atoms with van der Waals surface area (Å²) in [6.45, 7) is 5.04. The van der Waals surface area contributed by atoms with Crippen LogP contribution in [0.15, 0.2) is 0 Å². The van der Waals surface area contributed by atoms with Crippen molar-refractivity contribution in [3.63, 3.8) is 0 Å². The smallest absolute Gasteiger partial charge is 0.238 e. The summed E-state index contributed by atoms with van der Waals surface area (Å²) >= 11 is 0. The third-order valence-corrected chi connectivity index (χ3v) is 5.54. The summed E-state index contributed by atoms with van der Waals surface area (Å²) in [5.41, 5.74) is -1.31. The molecule has 0 aromatic rings. The Kier molecular flexibility index (Phi) is 2.61. The van der Waals surface area contributed by atoms with Gasteiger partial charge >= 0.3 is 0 Å². The number of nitrogens with zero attached hydrogens (tertiary/aromatic N) is 2. The maximum atomic E-state index is 12.7. The van der Waals surface area contributed by atoms with Crippen LogP contribution in [-0.4, -0.2) is 61.0 Å². The van der Waals surface area contributed by atoms with Gasteiger partial charge in [0, 0.05) is 13.1 Å². The molecule has 106 valence electrons. The maximum Gasteiger partial charge on any atom is 0.238 e. The van der Waals surface area contributed by atoms with Gasteiger partial charge in [-0.25, -0.2) is 0 Å². The van der Waals surface area contributed by atoms with Crippen molar-refractivity contribution in [3.8, 4) is 0 Å². The largest absolute Gasteiger partial charge is 0.373 e. The van der Waals surface area contributed by atoms with Crippen LogP contribution in [0.2, 0.25) is 0 Å². The second-order valence-corrected chi connectivity index (χ2v) is 6.66. The van der Waals surface area contributed by atoms with Gasteiger partial charge in [-0.2, -0.15) is 0 Å². The van der Waals surface area contributed by atoms with E-state index >= 15 is 0 Å². The Bertz CT molecular complexity index is 416. The zero-order chi connectivity index (χ0) is 14.0. The molecule has 3 fully saturated rings. The van der Waals surface area contributed by atoms with E-state index in [1.165, 1.54) is 4.90 Å². The first-order valence-corrected chi connectivity index (χ1v) is 7.00. The fourth-order valence-electron chi connectivity index (χ4n) is 4.03. The minimum atomic E-state index is -0.653. The number of likely N-dealkylation sites (tertiary alicyclic amines) is 1. The van der Waals surface area contributed by atoms with Crippen LogP contribution in [-0.2, 0) is 14.3 Å². The second kappa shape index (κ2) is 3.79. The van der Waals surface area contributed by atoms with E-state index in [1.807, 2.05) is 32.8 Å². The van der Waals surface area contributed by atoms with Crippen LogP contribution in [0.1, 0.15) is 26.7 Å². The van der Waals surface area contributed by atoms with Gasteiger partial charge < -0.3 is 9.64 Å². The first-order chi connectivity index (χ1) is 8.83. The van der Waals surface area contributed by atoms with E-state index in [1.54, 1.807) is 0 Å². The number of likely N-dealkylation sites (N-methyl/N-ethyl adjacent to an activating group) is 1. The van der Waals surface area contributed by atoms with Crippen molar-refractivity contribution in [2.75, 3.05) is 27.2 Å². The number of fused-ring (bicyclic) bond motifs is 5. The van der Waals surface area contributed by atoms with Crippen molar-refractivity contribution in [1.82, 2.24) is 9.80 Å². The maximum absolute atomic E-state index is 12.7. The minimum absolute atomic E-state index is 0.0333. The number of carbonyl (C=O) groups is 2. The van der Waals surface area contributed by atoms with Crippen molar-refractivity contribution in [3.05, 3.63) is 0 Å². The molecule has 3 heterocycles. The molecule has 4 atom stereocenters. The van der Waals surface area contributed by atoms with E-state index < -0.39 is 10.8 Å². The van der Waals surface area contributed by atoms with E-state index in [4.69, 9.17) is 4.74 Å². The van der Waals surface area contributed by atoms with Crippen LogP contribution in [0.3, 0.4) is 0 Å². The summed E-state index contributed by atoms with van der Waals surface area (Å²) in [7, 11) is 3.89. The predicted molar refractivity (Wildman–Crippen MR) is 69.4 cm³/mol. The number of amides is 2. The summed E-state index contributed by atoms with van der Waals surface area (Å²) in [6, 6.07) is 0. The Hall–Kier alpha value is -0.940. The highest BCUT2D eigenvalue weighted by Crippen LogP contribution is 2.64. The molecule has 19 heavy (non-hydrogen) atoms. The van der Waals surface area contributed by atoms with Gasteiger partial charge in [-0.15, -0.1) is 0 Å². The number of carbonyl (C=O) groups excluding carboxylic acids is 2. The molecule has 3 saturated heterocycles. The van der Waals surface area contributed by atoms with E-state index in [0.29, 0.717) is 13.1 Å². The van der Waals surface area contributed by atoms with Crippen molar-refractivity contribution >= 4 is 11.8 Å². The molecule has 2 amide bonds. The Morgan fingerprint density at radius 1 is 1.16 bits per heavy atom. The summed E-state index contributed by atoms with van der Waals surface area (Å²) in [6.07, 6.45) is 1.64. The van der Waals surface area contributed by atoms with Gasteiger partial charge in [0.15, 0.2) is 0 Å². The van der Waals surface area contributed by atoms with Crippen molar-refractivity contribution in [2.24, 2.45) is 10.8 Å². The molecule has 5 nitrogen and oxygen atoms in total.